The number of carbonyl (C=O) groups excluding carboxylic acids is 1. The van der Waals surface area contributed by atoms with E-state index >= 15 is 0 Å². The predicted octanol–water partition coefficient (Wildman–Crippen LogP) is 4.72. The van der Waals surface area contributed by atoms with Crippen LogP contribution in [0.2, 0.25) is 0 Å². The van der Waals surface area contributed by atoms with Crippen molar-refractivity contribution in [1.29, 1.82) is 0 Å². The van der Waals surface area contributed by atoms with Crippen LogP contribution in [0.5, 0.6) is 0 Å². The molecule has 2 rings (SSSR count). The summed E-state index contributed by atoms with van der Waals surface area (Å²) in [6.45, 7) is 4.64. The molecule has 3 nitrogen and oxygen atoms in total. The van der Waals surface area contributed by atoms with Gasteiger partial charge in [0.2, 0.25) is 5.91 Å². The molecule has 0 aliphatic carbocycles. The molecule has 21 heavy (non-hydrogen) atoms. The lowest BCUT2D eigenvalue weighted by atomic mass is 10.1. The molecule has 0 unspecified atom stereocenters. The third-order valence-corrected chi connectivity index (χ3v) is 3.77. The zero-order valence-corrected chi connectivity index (χ0v) is 13.8. The van der Waals surface area contributed by atoms with Crippen LogP contribution in [0, 0.1) is 6.92 Å². The van der Waals surface area contributed by atoms with Gasteiger partial charge < -0.3 is 10.6 Å². The van der Waals surface area contributed by atoms with E-state index in [-0.39, 0.29) is 5.91 Å². The molecule has 4 heteroatoms. The zero-order valence-electron chi connectivity index (χ0n) is 12.2. The van der Waals surface area contributed by atoms with Gasteiger partial charge in [-0.15, -0.1) is 0 Å². The van der Waals surface area contributed by atoms with Gasteiger partial charge in [-0.25, -0.2) is 0 Å². The first-order valence-electron chi connectivity index (χ1n) is 6.97. The lowest BCUT2D eigenvalue weighted by molar-refractivity contribution is -0.115. The molecular weight excluding hydrogens is 328 g/mol. The van der Waals surface area contributed by atoms with Gasteiger partial charge in [0.15, 0.2) is 0 Å². The third kappa shape index (κ3) is 4.60. The highest BCUT2D eigenvalue weighted by Gasteiger charge is 2.03. The predicted molar refractivity (Wildman–Crippen MR) is 91.6 cm³/mol. The highest BCUT2D eigenvalue weighted by Crippen LogP contribution is 2.21. The number of amides is 1. The molecule has 0 saturated heterocycles. The topological polar surface area (TPSA) is 41.1 Å². The Morgan fingerprint density at radius 1 is 1.14 bits per heavy atom. The summed E-state index contributed by atoms with van der Waals surface area (Å²) in [5.41, 5.74) is 4.22. The van der Waals surface area contributed by atoms with Crippen LogP contribution in [0.15, 0.2) is 46.9 Å². The fraction of sp³-hybridized carbons (Fsp3) is 0.235. The molecule has 0 heterocycles. The molecule has 0 fully saturated rings. The Morgan fingerprint density at radius 2 is 1.86 bits per heavy atom. The second-order valence-corrected chi connectivity index (χ2v) is 5.83. The molecule has 0 spiro atoms. The fourth-order valence-corrected chi connectivity index (χ4v) is 2.20. The largest absolute Gasteiger partial charge is 0.381 e. The van der Waals surface area contributed by atoms with Gasteiger partial charge in [0.1, 0.15) is 0 Å². The maximum Gasteiger partial charge on any atom is 0.224 e. The van der Waals surface area contributed by atoms with Gasteiger partial charge in [0.05, 0.1) is 0 Å². The number of hydrogen-bond acceptors (Lipinski definition) is 2. The summed E-state index contributed by atoms with van der Waals surface area (Å²) in [6, 6.07) is 14.1. The summed E-state index contributed by atoms with van der Waals surface area (Å²) in [7, 11) is 0. The Balaban J connectivity index is 2.06. The molecule has 0 saturated carbocycles. The van der Waals surface area contributed by atoms with E-state index in [0.717, 1.165) is 28.0 Å². The fourth-order valence-electron chi connectivity index (χ4n) is 1.94. The smallest absolute Gasteiger partial charge is 0.224 e. The van der Waals surface area contributed by atoms with Gasteiger partial charge in [0, 0.05) is 28.8 Å². The van der Waals surface area contributed by atoms with Crippen LogP contribution in [0.25, 0.3) is 0 Å². The molecule has 2 aromatic rings. The van der Waals surface area contributed by atoms with E-state index in [4.69, 9.17) is 0 Å². The minimum absolute atomic E-state index is 0.0257. The van der Waals surface area contributed by atoms with Gasteiger partial charge in [-0.3, -0.25) is 4.79 Å². The lowest BCUT2D eigenvalue weighted by Gasteiger charge is -2.12. The Bertz CT molecular complexity index is 623. The first-order chi connectivity index (χ1) is 10.1. The number of anilines is 2. The number of benzene rings is 2. The van der Waals surface area contributed by atoms with E-state index in [1.54, 1.807) is 0 Å². The van der Waals surface area contributed by atoms with Gasteiger partial charge in [-0.1, -0.05) is 41.1 Å². The summed E-state index contributed by atoms with van der Waals surface area (Å²) < 4.78 is 1.08. The van der Waals surface area contributed by atoms with E-state index in [2.05, 4.69) is 45.6 Å². The summed E-state index contributed by atoms with van der Waals surface area (Å²) >= 11 is 3.43. The highest BCUT2D eigenvalue weighted by atomic mass is 79.9. The van der Waals surface area contributed by atoms with Crippen LogP contribution in [-0.2, 0) is 11.3 Å². The molecule has 0 bridgehead atoms. The van der Waals surface area contributed by atoms with Crippen LogP contribution in [0.4, 0.5) is 11.4 Å². The van der Waals surface area contributed by atoms with Gasteiger partial charge in [-0.05, 0) is 42.3 Å². The van der Waals surface area contributed by atoms with Gasteiger partial charge in [0.25, 0.3) is 0 Å². The van der Waals surface area contributed by atoms with E-state index < -0.39 is 0 Å². The number of rotatable bonds is 5. The first kappa shape index (κ1) is 15.6. The Morgan fingerprint density at radius 3 is 2.52 bits per heavy atom. The molecule has 0 aromatic heterocycles. The van der Waals surface area contributed by atoms with Crippen LogP contribution in [-0.4, -0.2) is 5.91 Å². The number of nitrogens with one attached hydrogen (secondary N) is 2. The first-order valence-corrected chi connectivity index (χ1v) is 7.76. The van der Waals surface area contributed by atoms with E-state index in [1.807, 2.05) is 37.3 Å². The highest BCUT2D eigenvalue weighted by molar-refractivity contribution is 9.10. The lowest BCUT2D eigenvalue weighted by Crippen LogP contribution is -2.10. The SMILES string of the molecule is CCC(=O)Nc1ccc(C)c(NCc2ccc(Br)cc2)c1. The Labute approximate surface area is 133 Å². The molecule has 0 atom stereocenters. The molecule has 0 aliphatic heterocycles. The zero-order chi connectivity index (χ0) is 15.2. The van der Waals surface area contributed by atoms with Crippen molar-refractivity contribution in [3.05, 3.63) is 58.1 Å². The average molecular weight is 347 g/mol. The third-order valence-electron chi connectivity index (χ3n) is 3.24. The van der Waals surface area contributed by atoms with E-state index in [9.17, 15) is 4.79 Å². The minimum Gasteiger partial charge on any atom is -0.381 e. The van der Waals surface area contributed by atoms with E-state index in [1.165, 1.54) is 5.56 Å². The second-order valence-electron chi connectivity index (χ2n) is 4.91. The number of halogens is 1. The molecule has 1 amide bonds. The maximum absolute atomic E-state index is 11.5. The summed E-state index contributed by atoms with van der Waals surface area (Å²) in [4.78, 5) is 11.5. The van der Waals surface area contributed by atoms with Crippen LogP contribution in [0.3, 0.4) is 0 Å². The van der Waals surface area contributed by atoms with Crippen LogP contribution in [0.1, 0.15) is 24.5 Å². The van der Waals surface area contributed by atoms with Crippen molar-refractivity contribution in [2.45, 2.75) is 26.8 Å². The van der Waals surface area contributed by atoms with Crippen molar-refractivity contribution in [1.82, 2.24) is 0 Å². The molecule has 0 aliphatic rings. The van der Waals surface area contributed by atoms with Crippen molar-refractivity contribution >= 4 is 33.2 Å². The van der Waals surface area contributed by atoms with E-state index in [0.29, 0.717) is 6.42 Å². The summed E-state index contributed by atoms with van der Waals surface area (Å²) in [5.74, 6) is 0.0257. The quantitative estimate of drug-likeness (QED) is 0.822. The van der Waals surface area contributed by atoms with Crippen molar-refractivity contribution < 1.29 is 4.79 Å². The van der Waals surface area contributed by atoms with Gasteiger partial charge >= 0.3 is 0 Å². The van der Waals surface area contributed by atoms with Crippen LogP contribution < -0.4 is 10.6 Å². The van der Waals surface area contributed by atoms with Crippen molar-refractivity contribution in [3.63, 3.8) is 0 Å². The standard InChI is InChI=1S/C17H19BrN2O/c1-3-17(21)20-15-9-4-12(2)16(10-15)19-11-13-5-7-14(18)8-6-13/h4-10,19H,3,11H2,1-2H3,(H,20,21). The normalized spacial score (nSPS) is 10.2. The second kappa shape index (κ2) is 7.27. The van der Waals surface area contributed by atoms with Crippen molar-refractivity contribution in [2.24, 2.45) is 0 Å². The maximum atomic E-state index is 11.5. The summed E-state index contributed by atoms with van der Waals surface area (Å²) in [5, 5.41) is 6.29. The molecule has 2 N–H and O–H groups in total. The average Bonchev–Trinajstić information content (AvgIpc) is 2.49. The number of carbonyl (C=O) groups is 1. The minimum atomic E-state index is 0.0257. The summed E-state index contributed by atoms with van der Waals surface area (Å²) in [6.07, 6.45) is 0.482. The molecule has 110 valence electrons. The van der Waals surface area contributed by atoms with Gasteiger partial charge in [-0.2, -0.15) is 0 Å². The Hall–Kier alpha value is -1.81. The number of hydrogen-bond donors (Lipinski definition) is 2. The molecule has 2 aromatic carbocycles. The number of aryl methyl sites for hydroxylation is 1. The Kier molecular flexibility index (Phi) is 5.39. The monoisotopic (exact) mass is 346 g/mol. The molecular formula is C17H19BrN2O. The van der Waals surface area contributed by atoms with Crippen LogP contribution >= 0.6 is 15.9 Å². The molecule has 0 radical (unpaired) electrons. The van der Waals surface area contributed by atoms with Crippen molar-refractivity contribution in [3.8, 4) is 0 Å². The van der Waals surface area contributed by atoms with Crippen molar-refractivity contribution in [2.75, 3.05) is 10.6 Å².